The monoisotopic (exact) mass is 272 g/mol. The van der Waals surface area contributed by atoms with Crippen LogP contribution < -0.4 is 5.43 Å². The molecule has 1 atom stereocenters. The maximum Gasteiger partial charge on any atom is 0.273 e. The van der Waals surface area contributed by atoms with Crippen molar-refractivity contribution >= 4 is 12.1 Å². The molecule has 0 saturated heterocycles. The number of aliphatic hydroxyl groups is 1. The predicted molar refractivity (Wildman–Crippen MR) is 73.5 cm³/mol. The number of hydrogen-bond donors (Lipinski definition) is 2. The third-order valence-electron chi connectivity index (χ3n) is 2.65. The number of nitrogens with one attached hydrogen (secondary N) is 1. The summed E-state index contributed by atoms with van der Waals surface area (Å²) in [5.41, 5.74) is 2.89. The molecule has 0 saturated carbocycles. The fourth-order valence-corrected chi connectivity index (χ4v) is 1.59. The average molecular weight is 272 g/mol. The Morgan fingerprint density at radius 1 is 1.15 bits per heavy atom. The van der Waals surface area contributed by atoms with E-state index in [-0.39, 0.29) is 5.56 Å². The quantitative estimate of drug-likeness (QED) is 0.660. The number of rotatable bonds is 4. The van der Waals surface area contributed by atoms with E-state index in [0.717, 1.165) is 0 Å². The molecule has 0 aliphatic carbocycles. The second kappa shape index (κ2) is 6.58. The Morgan fingerprint density at radius 2 is 1.80 bits per heavy atom. The molecular formula is C15H13FN2O2. The van der Waals surface area contributed by atoms with Crippen molar-refractivity contribution in [3.05, 3.63) is 71.5 Å². The van der Waals surface area contributed by atoms with Crippen LogP contribution in [0.15, 0.2) is 59.7 Å². The van der Waals surface area contributed by atoms with Gasteiger partial charge < -0.3 is 5.11 Å². The molecule has 0 aliphatic heterocycles. The van der Waals surface area contributed by atoms with E-state index < -0.39 is 17.8 Å². The summed E-state index contributed by atoms with van der Waals surface area (Å²) in [5, 5.41) is 13.4. The number of carbonyl (C=O) groups excluding carboxylic acids is 1. The van der Waals surface area contributed by atoms with Gasteiger partial charge in [-0.25, -0.2) is 9.82 Å². The summed E-state index contributed by atoms with van der Waals surface area (Å²) in [5.74, 6) is -1.11. The van der Waals surface area contributed by atoms with Crippen LogP contribution >= 0.6 is 0 Å². The molecule has 4 nitrogen and oxygen atoms in total. The van der Waals surface area contributed by atoms with E-state index in [1.165, 1.54) is 18.3 Å². The van der Waals surface area contributed by atoms with E-state index in [9.17, 15) is 14.3 Å². The Bertz CT molecular complexity index is 614. The second-order valence-corrected chi connectivity index (χ2v) is 4.07. The van der Waals surface area contributed by atoms with Gasteiger partial charge in [0.15, 0.2) is 6.10 Å². The zero-order valence-electron chi connectivity index (χ0n) is 10.5. The van der Waals surface area contributed by atoms with Crippen LogP contribution in [-0.2, 0) is 4.79 Å². The summed E-state index contributed by atoms with van der Waals surface area (Å²) in [7, 11) is 0. The van der Waals surface area contributed by atoms with Crippen molar-refractivity contribution in [2.75, 3.05) is 0 Å². The van der Waals surface area contributed by atoms with E-state index in [1.54, 1.807) is 42.5 Å². The Morgan fingerprint density at radius 3 is 2.50 bits per heavy atom. The van der Waals surface area contributed by atoms with Gasteiger partial charge in [0.25, 0.3) is 5.91 Å². The standard InChI is InChI=1S/C15H13FN2O2/c16-13-9-5-4-8-12(13)10-17-18-15(20)14(19)11-6-2-1-3-7-11/h1-10,14,19H,(H,18,20)/b17-10-/t14-/m1/s1. The molecule has 5 heteroatoms. The lowest BCUT2D eigenvalue weighted by molar-refractivity contribution is -0.129. The molecule has 0 bridgehead atoms. The largest absolute Gasteiger partial charge is 0.378 e. The van der Waals surface area contributed by atoms with Crippen molar-refractivity contribution in [2.45, 2.75) is 6.10 Å². The smallest absolute Gasteiger partial charge is 0.273 e. The van der Waals surface area contributed by atoms with Gasteiger partial charge in [0.1, 0.15) is 5.82 Å². The Labute approximate surface area is 115 Å². The topological polar surface area (TPSA) is 61.7 Å². The molecule has 0 fully saturated rings. The second-order valence-electron chi connectivity index (χ2n) is 4.07. The van der Waals surface area contributed by atoms with Crippen molar-refractivity contribution in [3.8, 4) is 0 Å². The van der Waals surface area contributed by atoms with Gasteiger partial charge in [-0.15, -0.1) is 0 Å². The van der Waals surface area contributed by atoms with E-state index in [1.807, 2.05) is 0 Å². The predicted octanol–water partition coefficient (Wildman–Crippen LogP) is 2.01. The van der Waals surface area contributed by atoms with Gasteiger partial charge in [-0.3, -0.25) is 4.79 Å². The van der Waals surface area contributed by atoms with Gasteiger partial charge in [0.2, 0.25) is 0 Å². The normalized spacial score (nSPS) is 12.3. The lowest BCUT2D eigenvalue weighted by Crippen LogP contribution is -2.25. The van der Waals surface area contributed by atoms with Crippen molar-refractivity contribution in [1.29, 1.82) is 0 Å². The van der Waals surface area contributed by atoms with Crippen LogP contribution in [0.3, 0.4) is 0 Å². The van der Waals surface area contributed by atoms with E-state index >= 15 is 0 Å². The molecule has 20 heavy (non-hydrogen) atoms. The van der Waals surface area contributed by atoms with Crippen LogP contribution in [0.5, 0.6) is 0 Å². The fourth-order valence-electron chi connectivity index (χ4n) is 1.59. The van der Waals surface area contributed by atoms with Gasteiger partial charge in [-0.05, 0) is 11.6 Å². The summed E-state index contributed by atoms with van der Waals surface area (Å²) in [6.45, 7) is 0. The first-order valence-corrected chi connectivity index (χ1v) is 5.99. The lowest BCUT2D eigenvalue weighted by atomic mass is 10.1. The summed E-state index contributed by atoms with van der Waals surface area (Å²) in [6.07, 6.45) is -0.126. The SMILES string of the molecule is O=C(N/N=C\c1ccccc1F)[C@H](O)c1ccccc1. The van der Waals surface area contributed by atoms with Crippen molar-refractivity contribution in [1.82, 2.24) is 5.43 Å². The molecule has 2 rings (SSSR count). The summed E-state index contributed by atoms with van der Waals surface area (Å²) in [4.78, 5) is 11.7. The molecular weight excluding hydrogens is 259 g/mol. The lowest BCUT2D eigenvalue weighted by Gasteiger charge is -2.08. The van der Waals surface area contributed by atoms with Gasteiger partial charge in [0, 0.05) is 5.56 Å². The number of benzene rings is 2. The van der Waals surface area contributed by atoms with Crippen LogP contribution in [0, 0.1) is 5.82 Å². The highest BCUT2D eigenvalue weighted by atomic mass is 19.1. The zero-order chi connectivity index (χ0) is 14.4. The highest BCUT2D eigenvalue weighted by molar-refractivity contribution is 5.85. The molecule has 0 radical (unpaired) electrons. The number of aliphatic hydroxyl groups excluding tert-OH is 1. The molecule has 0 heterocycles. The van der Waals surface area contributed by atoms with Gasteiger partial charge in [-0.2, -0.15) is 5.10 Å². The molecule has 2 aromatic rings. The minimum atomic E-state index is -1.31. The van der Waals surface area contributed by atoms with Gasteiger partial charge in [-0.1, -0.05) is 48.5 Å². The van der Waals surface area contributed by atoms with Crippen molar-refractivity contribution in [3.63, 3.8) is 0 Å². The van der Waals surface area contributed by atoms with Crippen LogP contribution in [0.4, 0.5) is 4.39 Å². The minimum absolute atomic E-state index is 0.252. The molecule has 1 amide bonds. The summed E-state index contributed by atoms with van der Waals surface area (Å²) >= 11 is 0. The highest BCUT2D eigenvalue weighted by Crippen LogP contribution is 2.11. The van der Waals surface area contributed by atoms with Crippen molar-refractivity contribution in [2.24, 2.45) is 5.10 Å². The molecule has 2 N–H and O–H groups in total. The fraction of sp³-hybridized carbons (Fsp3) is 0.0667. The number of amides is 1. The number of nitrogens with zero attached hydrogens (tertiary/aromatic N) is 1. The number of hydrazone groups is 1. The average Bonchev–Trinajstić information content (AvgIpc) is 2.49. The van der Waals surface area contributed by atoms with E-state index in [2.05, 4.69) is 10.5 Å². The number of hydrogen-bond acceptors (Lipinski definition) is 3. The van der Waals surface area contributed by atoms with Crippen LogP contribution in [0.2, 0.25) is 0 Å². The first-order valence-electron chi connectivity index (χ1n) is 5.99. The Kier molecular flexibility index (Phi) is 4.57. The van der Waals surface area contributed by atoms with Gasteiger partial charge in [0.05, 0.1) is 6.21 Å². The van der Waals surface area contributed by atoms with E-state index in [4.69, 9.17) is 0 Å². The Hall–Kier alpha value is -2.53. The molecule has 102 valence electrons. The molecule has 2 aromatic carbocycles. The first kappa shape index (κ1) is 13.9. The first-order chi connectivity index (χ1) is 9.68. The highest BCUT2D eigenvalue weighted by Gasteiger charge is 2.15. The third-order valence-corrected chi connectivity index (χ3v) is 2.65. The van der Waals surface area contributed by atoms with Crippen LogP contribution in [0.1, 0.15) is 17.2 Å². The Balaban J connectivity index is 1.97. The molecule has 0 aromatic heterocycles. The summed E-state index contributed by atoms with van der Waals surface area (Å²) < 4.78 is 13.3. The molecule has 0 unspecified atom stereocenters. The maximum atomic E-state index is 13.3. The minimum Gasteiger partial charge on any atom is -0.378 e. The molecule has 0 spiro atoms. The third kappa shape index (κ3) is 3.49. The summed E-state index contributed by atoms with van der Waals surface area (Å²) in [6, 6.07) is 14.5. The maximum absolute atomic E-state index is 13.3. The van der Waals surface area contributed by atoms with Crippen LogP contribution in [0.25, 0.3) is 0 Å². The van der Waals surface area contributed by atoms with E-state index in [0.29, 0.717) is 5.56 Å². The number of carbonyl (C=O) groups is 1. The molecule has 0 aliphatic rings. The zero-order valence-corrected chi connectivity index (χ0v) is 10.5. The number of halogens is 1. The van der Waals surface area contributed by atoms with Gasteiger partial charge >= 0.3 is 0 Å². The van der Waals surface area contributed by atoms with Crippen LogP contribution in [-0.4, -0.2) is 17.2 Å². The van der Waals surface area contributed by atoms with Crippen molar-refractivity contribution < 1.29 is 14.3 Å².